The number of nitriles is 1. The number of benzene rings is 1. The van der Waals surface area contributed by atoms with Crippen molar-refractivity contribution in [3.8, 4) is 6.07 Å². The lowest BCUT2D eigenvalue weighted by Crippen LogP contribution is -2.13. The van der Waals surface area contributed by atoms with Crippen molar-refractivity contribution in [3.63, 3.8) is 0 Å². The van der Waals surface area contributed by atoms with Crippen LogP contribution in [0.4, 0.5) is 0 Å². The van der Waals surface area contributed by atoms with E-state index in [-0.39, 0.29) is 6.42 Å². The van der Waals surface area contributed by atoms with E-state index in [1.807, 2.05) is 6.07 Å². The van der Waals surface area contributed by atoms with Crippen LogP contribution in [0.15, 0.2) is 18.2 Å². The van der Waals surface area contributed by atoms with Crippen LogP contribution in [0.5, 0.6) is 0 Å². The van der Waals surface area contributed by atoms with E-state index in [4.69, 9.17) is 22.0 Å². The SMILES string of the molecule is N#CCCc1cc(CCl)ccc1C(O)C(=O)O. The van der Waals surface area contributed by atoms with Gasteiger partial charge in [0.15, 0.2) is 6.10 Å². The summed E-state index contributed by atoms with van der Waals surface area (Å²) in [6, 6.07) is 6.93. The molecular weight excluding hydrogens is 242 g/mol. The Balaban J connectivity index is 3.10. The fourth-order valence-electron chi connectivity index (χ4n) is 1.55. The molecular formula is C12H12ClNO3. The Labute approximate surface area is 104 Å². The van der Waals surface area contributed by atoms with Crippen LogP contribution < -0.4 is 0 Å². The number of carboxylic acid groups (broad SMARTS) is 1. The minimum atomic E-state index is -1.56. The molecule has 1 aromatic rings. The Kier molecular flexibility index (Phi) is 4.95. The van der Waals surface area contributed by atoms with Gasteiger partial charge in [0.05, 0.1) is 6.07 Å². The standard InChI is InChI=1S/C12H12ClNO3/c13-7-8-3-4-10(11(15)12(16)17)9(6-8)2-1-5-14/h3-4,6,11,15H,1-2,7H2,(H,16,17). The third kappa shape index (κ3) is 3.45. The molecule has 0 fully saturated rings. The predicted octanol–water partition coefficient (Wildman–Crippen LogP) is 2.00. The fourth-order valence-corrected chi connectivity index (χ4v) is 1.72. The van der Waals surface area contributed by atoms with Gasteiger partial charge in [0, 0.05) is 12.3 Å². The van der Waals surface area contributed by atoms with E-state index in [2.05, 4.69) is 0 Å². The summed E-state index contributed by atoms with van der Waals surface area (Å²) in [5.41, 5.74) is 1.81. The van der Waals surface area contributed by atoms with Crippen molar-refractivity contribution in [2.75, 3.05) is 0 Å². The van der Waals surface area contributed by atoms with Gasteiger partial charge in [-0.05, 0) is 23.1 Å². The smallest absolute Gasteiger partial charge is 0.337 e. The molecule has 0 aliphatic heterocycles. The highest BCUT2D eigenvalue weighted by atomic mass is 35.5. The Morgan fingerprint density at radius 3 is 2.76 bits per heavy atom. The van der Waals surface area contributed by atoms with Gasteiger partial charge in [-0.3, -0.25) is 0 Å². The number of nitrogens with zero attached hydrogens (tertiary/aromatic N) is 1. The number of hydrogen-bond donors (Lipinski definition) is 2. The molecule has 90 valence electrons. The van der Waals surface area contributed by atoms with Crippen molar-refractivity contribution in [2.24, 2.45) is 0 Å². The number of rotatable bonds is 5. The largest absolute Gasteiger partial charge is 0.479 e. The zero-order valence-corrected chi connectivity index (χ0v) is 9.81. The minimum Gasteiger partial charge on any atom is -0.479 e. The number of aliphatic hydroxyl groups is 1. The van der Waals surface area contributed by atoms with Crippen LogP contribution in [0, 0.1) is 11.3 Å². The summed E-state index contributed by atoms with van der Waals surface area (Å²) in [4.78, 5) is 10.7. The van der Waals surface area contributed by atoms with Gasteiger partial charge in [-0.1, -0.05) is 18.2 Å². The van der Waals surface area contributed by atoms with E-state index < -0.39 is 12.1 Å². The molecule has 1 unspecified atom stereocenters. The number of aliphatic carboxylic acids is 1. The first-order valence-corrected chi connectivity index (χ1v) is 5.59. The Hall–Kier alpha value is -1.57. The van der Waals surface area contributed by atoms with Gasteiger partial charge < -0.3 is 10.2 Å². The maximum absolute atomic E-state index is 10.7. The lowest BCUT2D eigenvalue weighted by Gasteiger charge is -2.12. The molecule has 0 saturated heterocycles. The summed E-state index contributed by atoms with van der Waals surface area (Å²) in [6.45, 7) is 0. The predicted molar refractivity (Wildman–Crippen MR) is 62.5 cm³/mol. The molecule has 4 nitrogen and oxygen atoms in total. The first kappa shape index (κ1) is 13.5. The van der Waals surface area contributed by atoms with Crippen LogP contribution >= 0.6 is 11.6 Å². The van der Waals surface area contributed by atoms with E-state index in [1.54, 1.807) is 18.2 Å². The molecule has 5 heteroatoms. The molecule has 1 aromatic carbocycles. The molecule has 2 N–H and O–H groups in total. The first-order valence-electron chi connectivity index (χ1n) is 5.05. The van der Waals surface area contributed by atoms with Gasteiger partial charge in [-0.25, -0.2) is 4.79 Å². The van der Waals surface area contributed by atoms with Gasteiger partial charge in [0.2, 0.25) is 0 Å². The van der Waals surface area contributed by atoms with Crippen molar-refractivity contribution in [2.45, 2.75) is 24.8 Å². The number of aliphatic hydroxyl groups excluding tert-OH is 1. The van der Waals surface area contributed by atoms with Crippen LogP contribution in [0.25, 0.3) is 0 Å². The average molecular weight is 254 g/mol. The molecule has 0 heterocycles. The van der Waals surface area contributed by atoms with E-state index in [0.29, 0.717) is 23.4 Å². The van der Waals surface area contributed by atoms with Crippen molar-refractivity contribution < 1.29 is 15.0 Å². The summed E-state index contributed by atoms with van der Waals surface area (Å²) in [5, 5.41) is 26.8. The van der Waals surface area contributed by atoms with Crippen molar-refractivity contribution in [1.82, 2.24) is 0 Å². The second-order valence-electron chi connectivity index (χ2n) is 3.57. The minimum absolute atomic E-state index is 0.269. The lowest BCUT2D eigenvalue weighted by atomic mass is 9.97. The van der Waals surface area contributed by atoms with Crippen LogP contribution in [0.1, 0.15) is 29.2 Å². The topological polar surface area (TPSA) is 81.3 Å². The number of aryl methyl sites for hydroxylation is 1. The molecule has 17 heavy (non-hydrogen) atoms. The monoisotopic (exact) mass is 253 g/mol. The van der Waals surface area contributed by atoms with Crippen molar-refractivity contribution in [3.05, 3.63) is 34.9 Å². The van der Waals surface area contributed by atoms with Gasteiger partial charge in [-0.2, -0.15) is 5.26 Å². The molecule has 0 bridgehead atoms. The van der Waals surface area contributed by atoms with Gasteiger partial charge in [0.25, 0.3) is 0 Å². The number of hydrogen-bond acceptors (Lipinski definition) is 3. The second-order valence-corrected chi connectivity index (χ2v) is 3.83. The van der Waals surface area contributed by atoms with Gasteiger partial charge in [-0.15, -0.1) is 11.6 Å². The van der Waals surface area contributed by atoms with Crippen LogP contribution in [-0.2, 0) is 17.1 Å². The Bertz CT molecular complexity index is 454. The fraction of sp³-hybridized carbons (Fsp3) is 0.333. The Morgan fingerprint density at radius 2 is 2.24 bits per heavy atom. The quantitative estimate of drug-likeness (QED) is 0.787. The normalized spacial score (nSPS) is 11.8. The summed E-state index contributed by atoms with van der Waals surface area (Å²) in [7, 11) is 0. The van der Waals surface area contributed by atoms with Crippen molar-refractivity contribution in [1.29, 1.82) is 5.26 Å². The molecule has 0 aliphatic carbocycles. The van der Waals surface area contributed by atoms with E-state index in [1.165, 1.54) is 0 Å². The number of carboxylic acids is 1. The van der Waals surface area contributed by atoms with E-state index in [9.17, 15) is 9.90 Å². The number of alkyl halides is 1. The second kappa shape index (κ2) is 6.24. The molecule has 0 spiro atoms. The first-order chi connectivity index (χ1) is 8.10. The summed E-state index contributed by atoms with van der Waals surface area (Å²) >= 11 is 5.68. The molecule has 1 atom stereocenters. The summed E-state index contributed by atoms with van der Waals surface area (Å²) in [5.74, 6) is -0.995. The van der Waals surface area contributed by atoms with Crippen LogP contribution in [0.2, 0.25) is 0 Å². The van der Waals surface area contributed by atoms with Crippen LogP contribution in [-0.4, -0.2) is 16.2 Å². The average Bonchev–Trinajstić information content (AvgIpc) is 2.34. The van der Waals surface area contributed by atoms with E-state index >= 15 is 0 Å². The highest BCUT2D eigenvalue weighted by molar-refractivity contribution is 6.17. The molecule has 0 radical (unpaired) electrons. The highest BCUT2D eigenvalue weighted by Crippen LogP contribution is 2.22. The lowest BCUT2D eigenvalue weighted by molar-refractivity contribution is -0.147. The Morgan fingerprint density at radius 1 is 1.53 bits per heavy atom. The van der Waals surface area contributed by atoms with Gasteiger partial charge >= 0.3 is 5.97 Å². The summed E-state index contributed by atoms with van der Waals surface area (Å²) in [6.07, 6.45) is -0.889. The maximum Gasteiger partial charge on any atom is 0.337 e. The zero-order valence-electron chi connectivity index (χ0n) is 9.06. The molecule has 1 rings (SSSR count). The van der Waals surface area contributed by atoms with Gasteiger partial charge in [0.1, 0.15) is 0 Å². The summed E-state index contributed by atoms with van der Waals surface area (Å²) < 4.78 is 0. The molecule has 0 aromatic heterocycles. The van der Waals surface area contributed by atoms with Crippen LogP contribution in [0.3, 0.4) is 0 Å². The molecule has 0 saturated carbocycles. The number of carbonyl (C=O) groups is 1. The maximum atomic E-state index is 10.7. The third-order valence-corrected chi connectivity index (χ3v) is 2.70. The third-order valence-electron chi connectivity index (χ3n) is 2.40. The zero-order chi connectivity index (χ0) is 12.8. The molecule has 0 aliphatic rings. The number of halogens is 1. The molecule has 0 amide bonds. The van der Waals surface area contributed by atoms with Crippen molar-refractivity contribution >= 4 is 17.6 Å². The highest BCUT2D eigenvalue weighted by Gasteiger charge is 2.19. The van der Waals surface area contributed by atoms with E-state index in [0.717, 1.165) is 5.56 Å².